The van der Waals surface area contributed by atoms with E-state index in [2.05, 4.69) is 36.5 Å². The van der Waals surface area contributed by atoms with Gasteiger partial charge in [0.15, 0.2) is 0 Å². The van der Waals surface area contributed by atoms with Gasteiger partial charge in [0.25, 0.3) is 0 Å². The zero-order valence-electron chi connectivity index (χ0n) is 14.1. The number of hydrogen-bond acceptors (Lipinski definition) is 9. The van der Waals surface area contributed by atoms with Gasteiger partial charge in [0, 0.05) is 6.54 Å². The van der Waals surface area contributed by atoms with Crippen LogP contribution in [-0.2, 0) is 0 Å². The van der Waals surface area contributed by atoms with E-state index in [0.29, 0.717) is 0 Å². The van der Waals surface area contributed by atoms with Crippen molar-refractivity contribution >= 4 is 26.8 Å². The van der Waals surface area contributed by atoms with Gasteiger partial charge in [-0.15, -0.1) is 0 Å². The van der Waals surface area contributed by atoms with E-state index in [1.54, 1.807) is 13.2 Å². The van der Waals surface area contributed by atoms with Crippen LogP contribution in [0.15, 0.2) is 34.6 Å². The fourth-order valence-corrected chi connectivity index (χ4v) is 1.73. The van der Waals surface area contributed by atoms with Gasteiger partial charge in [-0.05, 0) is 7.05 Å². The Balaban J connectivity index is 0.000000462. The summed E-state index contributed by atoms with van der Waals surface area (Å²) >= 11 is 2.63. The van der Waals surface area contributed by atoms with Crippen LogP contribution < -0.4 is 5.32 Å². The van der Waals surface area contributed by atoms with Gasteiger partial charge in [-0.3, -0.25) is 0 Å². The number of hydrogen-bond donors (Lipinski definition) is 6. The molecule has 0 saturated carbocycles. The number of nitrogens with one attached hydrogen (secondary N) is 1. The molecule has 10 heteroatoms. The second-order valence-corrected chi connectivity index (χ2v) is 5.42. The van der Waals surface area contributed by atoms with Gasteiger partial charge in [0.2, 0.25) is 0 Å². The Morgan fingerprint density at radius 1 is 1.24 bits per heavy atom. The molecule has 141 valence electrons. The van der Waals surface area contributed by atoms with Gasteiger partial charge in [0.1, 0.15) is 18.3 Å². The number of aromatic nitrogens is 1. The van der Waals surface area contributed by atoms with Crippen molar-refractivity contribution in [2.75, 3.05) is 20.2 Å². The number of likely N-dealkylation sites (N-methyl/N-ethyl adjacent to an activating group) is 1. The van der Waals surface area contributed by atoms with Crippen LogP contribution in [0.5, 0.6) is 0 Å². The maximum absolute atomic E-state index is 9.21. The van der Waals surface area contributed by atoms with Crippen LogP contribution in [0.4, 0.5) is 0 Å². The number of pyridine rings is 1. The average Bonchev–Trinajstić information content (AvgIpc) is 2.65. The van der Waals surface area contributed by atoms with Crippen molar-refractivity contribution in [3.8, 4) is 0 Å². The summed E-state index contributed by atoms with van der Waals surface area (Å²) in [6, 6.07) is 5.69. The Morgan fingerprint density at radius 3 is 2.36 bits per heavy atom. The molecular weight excluding hydrogens is 395 g/mol. The molecule has 1 rings (SSSR count). The summed E-state index contributed by atoms with van der Waals surface area (Å²) in [6.07, 6.45) is -3.92. The predicted molar refractivity (Wildman–Crippen MR) is 95.7 cm³/mol. The maximum Gasteiger partial charge on any atom is 0.111 e. The summed E-state index contributed by atoms with van der Waals surface area (Å²) in [6.45, 7) is 1.30. The minimum Gasteiger partial charge on any atom is -0.394 e. The minimum atomic E-state index is -1.55. The first-order valence-corrected chi connectivity index (χ1v) is 8.45. The second kappa shape index (κ2) is 14.0. The summed E-state index contributed by atoms with van der Waals surface area (Å²) in [5, 5.41) is 56.6. The molecule has 0 aromatic carbocycles. The van der Waals surface area contributed by atoms with Crippen LogP contribution >= 0.6 is 0 Å². The van der Waals surface area contributed by atoms with Gasteiger partial charge < -0.3 is 30.8 Å². The third-order valence-electron chi connectivity index (χ3n) is 3.03. The maximum atomic E-state index is 9.21. The SMILES string of the molecule is CC(=NN=C[Se])c1ccccn1.CNC[C@H](O)[C@@H](O)[C@H](O)[C@H](O)CO. The van der Waals surface area contributed by atoms with E-state index in [4.69, 9.17) is 20.4 Å². The Morgan fingerprint density at radius 2 is 1.88 bits per heavy atom. The zero-order valence-corrected chi connectivity index (χ0v) is 15.8. The third kappa shape index (κ3) is 9.73. The van der Waals surface area contributed by atoms with E-state index in [0.717, 1.165) is 11.4 Å². The topological polar surface area (TPSA) is 151 Å². The van der Waals surface area contributed by atoms with E-state index in [1.807, 2.05) is 25.1 Å². The van der Waals surface area contributed by atoms with Crippen molar-refractivity contribution in [1.82, 2.24) is 10.3 Å². The number of aliphatic hydroxyl groups is 5. The normalized spacial score (nSPS) is 16.7. The van der Waals surface area contributed by atoms with Gasteiger partial charge in [-0.1, -0.05) is 0 Å². The molecule has 0 aliphatic carbocycles. The molecule has 1 aromatic rings. The molecule has 0 bridgehead atoms. The standard InChI is InChI=1S/C8H8N3Se.C7H17NO5/c1-7(11-10-6-12)8-4-2-3-5-9-8;1-8-2-4(10)6(12)7(13)5(11)3-9/h2-6H,1H3;4-13H,2-3H2,1H3/t;4-,5+,6+,7+/m.0/s1. The molecular formula is C15H25N4O5Se. The van der Waals surface area contributed by atoms with Crippen molar-refractivity contribution < 1.29 is 25.5 Å². The van der Waals surface area contributed by atoms with Crippen LogP contribution in [0.2, 0.25) is 0 Å². The fraction of sp³-hybridized carbons (Fsp3) is 0.533. The minimum absolute atomic E-state index is 0.0936. The quantitative estimate of drug-likeness (QED) is 0.156. The second-order valence-electron chi connectivity index (χ2n) is 4.98. The zero-order chi connectivity index (χ0) is 19.2. The molecule has 9 nitrogen and oxygen atoms in total. The van der Waals surface area contributed by atoms with Crippen LogP contribution in [0, 0.1) is 0 Å². The summed E-state index contributed by atoms with van der Waals surface area (Å²) < 4.78 is 0. The third-order valence-corrected chi connectivity index (χ3v) is 3.23. The Bertz CT molecular complexity index is 518. The largest absolute Gasteiger partial charge is 0.394 e. The molecule has 0 amide bonds. The van der Waals surface area contributed by atoms with Crippen LogP contribution in [0.3, 0.4) is 0 Å². The summed E-state index contributed by atoms with van der Waals surface area (Å²) in [5.74, 6) is 0. The molecule has 0 saturated heterocycles. The molecule has 1 radical (unpaired) electrons. The predicted octanol–water partition coefficient (Wildman–Crippen LogP) is -2.36. The van der Waals surface area contributed by atoms with E-state index < -0.39 is 31.0 Å². The summed E-state index contributed by atoms with van der Waals surface area (Å²) in [4.78, 5) is 4.12. The van der Waals surface area contributed by atoms with Crippen molar-refractivity contribution in [2.45, 2.75) is 31.3 Å². The first-order valence-electron chi connectivity index (χ1n) is 7.46. The Kier molecular flexibility index (Phi) is 13.3. The van der Waals surface area contributed by atoms with Crippen LogP contribution in [0.1, 0.15) is 12.6 Å². The van der Waals surface area contributed by atoms with Crippen molar-refractivity contribution in [1.29, 1.82) is 0 Å². The monoisotopic (exact) mass is 421 g/mol. The average molecular weight is 420 g/mol. The van der Waals surface area contributed by atoms with Gasteiger partial charge in [0.05, 0.1) is 12.7 Å². The molecule has 1 aromatic heterocycles. The van der Waals surface area contributed by atoms with E-state index in [9.17, 15) is 5.11 Å². The van der Waals surface area contributed by atoms with Crippen molar-refractivity contribution in [3.05, 3.63) is 30.1 Å². The van der Waals surface area contributed by atoms with Crippen molar-refractivity contribution in [3.63, 3.8) is 0 Å². The van der Waals surface area contributed by atoms with Crippen LogP contribution in [-0.4, -0.2) is 102 Å². The molecule has 1 heterocycles. The molecule has 0 fully saturated rings. The van der Waals surface area contributed by atoms with Gasteiger partial charge in [-0.2, -0.15) is 0 Å². The number of nitrogens with zero attached hydrogens (tertiary/aromatic N) is 3. The number of aliphatic hydroxyl groups excluding tert-OH is 5. The van der Waals surface area contributed by atoms with Gasteiger partial charge >= 0.3 is 79.0 Å². The first-order chi connectivity index (χ1) is 11.9. The molecule has 0 aliphatic rings. The Hall–Kier alpha value is -1.23. The van der Waals surface area contributed by atoms with E-state index >= 15 is 0 Å². The first kappa shape index (κ1) is 23.8. The van der Waals surface area contributed by atoms with Crippen molar-refractivity contribution in [2.24, 2.45) is 10.2 Å². The molecule has 6 N–H and O–H groups in total. The van der Waals surface area contributed by atoms with Crippen LogP contribution in [0.25, 0.3) is 0 Å². The molecule has 4 atom stereocenters. The molecule has 25 heavy (non-hydrogen) atoms. The molecule has 0 unspecified atom stereocenters. The fourth-order valence-electron chi connectivity index (χ4n) is 1.63. The molecule has 0 aliphatic heterocycles. The number of rotatable bonds is 8. The van der Waals surface area contributed by atoms with E-state index in [1.165, 1.54) is 5.11 Å². The smallest absolute Gasteiger partial charge is 0.111 e. The molecule has 0 spiro atoms. The summed E-state index contributed by atoms with van der Waals surface area (Å²) in [5.41, 5.74) is 1.66. The van der Waals surface area contributed by atoms with Gasteiger partial charge in [-0.25, -0.2) is 0 Å². The van der Waals surface area contributed by atoms with E-state index in [-0.39, 0.29) is 6.54 Å². The Labute approximate surface area is 155 Å². The summed E-state index contributed by atoms with van der Waals surface area (Å²) in [7, 11) is 1.57.